The van der Waals surface area contributed by atoms with E-state index in [-0.39, 0.29) is 6.61 Å². The number of pyridine rings is 1. The normalized spacial score (nSPS) is 9.09. The van der Waals surface area contributed by atoms with Crippen LogP contribution in [0.15, 0.2) is 24.5 Å². The van der Waals surface area contributed by atoms with Crippen LogP contribution in [0.4, 0.5) is 0 Å². The summed E-state index contributed by atoms with van der Waals surface area (Å²) in [5.74, 6) is 0. The van der Waals surface area contributed by atoms with Gasteiger partial charge in [0.15, 0.2) is 12.4 Å². The van der Waals surface area contributed by atoms with Gasteiger partial charge in [0.05, 0.1) is 5.56 Å². The SMILES string of the molecule is O=COCc1ccc[n+]([O-])c1. The highest BCUT2D eigenvalue weighted by molar-refractivity contribution is 5.37. The maximum atomic E-state index is 10.6. The summed E-state index contributed by atoms with van der Waals surface area (Å²) in [5, 5.41) is 10.6. The summed E-state index contributed by atoms with van der Waals surface area (Å²) in [6.45, 7) is 0.495. The Morgan fingerprint density at radius 2 is 2.55 bits per heavy atom. The Labute approximate surface area is 63.6 Å². The van der Waals surface area contributed by atoms with Crippen LogP contribution in [0.25, 0.3) is 0 Å². The van der Waals surface area contributed by atoms with Crippen LogP contribution in [0.5, 0.6) is 0 Å². The van der Waals surface area contributed by atoms with Crippen LogP contribution >= 0.6 is 0 Å². The number of hydrogen-bond acceptors (Lipinski definition) is 3. The third-order valence-corrected chi connectivity index (χ3v) is 1.15. The Morgan fingerprint density at radius 1 is 1.73 bits per heavy atom. The fraction of sp³-hybridized carbons (Fsp3) is 0.143. The standard InChI is InChI=1S/C7H7NO3/c9-6-11-5-7-2-1-3-8(10)4-7/h1-4,6H,5H2. The van der Waals surface area contributed by atoms with Crippen LogP contribution < -0.4 is 4.73 Å². The molecule has 0 aliphatic heterocycles. The lowest BCUT2D eigenvalue weighted by molar-refractivity contribution is -0.606. The smallest absolute Gasteiger partial charge is 0.293 e. The number of rotatable bonds is 3. The maximum Gasteiger partial charge on any atom is 0.293 e. The van der Waals surface area contributed by atoms with E-state index in [4.69, 9.17) is 0 Å². The van der Waals surface area contributed by atoms with Crippen molar-refractivity contribution < 1.29 is 14.3 Å². The van der Waals surface area contributed by atoms with E-state index >= 15 is 0 Å². The number of carbonyl (C=O) groups is 1. The molecule has 0 N–H and O–H groups in total. The van der Waals surface area contributed by atoms with Gasteiger partial charge in [0.25, 0.3) is 6.47 Å². The van der Waals surface area contributed by atoms with Crippen LogP contribution in [0.2, 0.25) is 0 Å². The summed E-state index contributed by atoms with van der Waals surface area (Å²) >= 11 is 0. The van der Waals surface area contributed by atoms with Gasteiger partial charge < -0.3 is 9.94 Å². The zero-order valence-corrected chi connectivity index (χ0v) is 5.77. The molecule has 0 radical (unpaired) electrons. The van der Waals surface area contributed by atoms with Crippen molar-refractivity contribution in [2.45, 2.75) is 6.61 Å². The second-order valence-corrected chi connectivity index (χ2v) is 1.98. The third kappa shape index (κ3) is 2.25. The van der Waals surface area contributed by atoms with Crippen LogP contribution in [-0.4, -0.2) is 6.47 Å². The van der Waals surface area contributed by atoms with Gasteiger partial charge in [-0.1, -0.05) is 0 Å². The van der Waals surface area contributed by atoms with Crippen LogP contribution in [0.3, 0.4) is 0 Å². The lowest BCUT2D eigenvalue weighted by Gasteiger charge is -1.98. The minimum Gasteiger partial charge on any atom is -0.619 e. The summed E-state index contributed by atoms with van der Waals surface area (Å²) < 4.78 is 5.10. The topological polar surface area (TPSA) is 53.2 Å². The number of hydrogen-bond donors (Lipinski definition) is 0. The first-order valence-corrected chi connectivity index (χ1v) is 3.06. The lowest BCUT2D eigenvalue weighted by atomic mass is 10.3. The third-order valence-electron chi connectivity index (χ3n) is 1.15. The first kappa shape index (κ1) is 7.53. The molecule has 11 heavy (non-hydrogen) atoms. The van der Waals surface area contributed by atoms with Gasteiger partial charge in [-0.3, -0.25) is 4.79 Å². The monoisotopic (exact) mass is 153 g/mol. The molecule has 0 aliphatic rings. The van der Waals surface area contributed by atoms with Crippen molar-refractivity contribution in [1.82, 2.24) is 0 Å². The molecule has 0 spiro atoms. The summed E-state index contributed by atoms with van der Waals surface area (Å²) in [6, 6.07) is 3.30. The molecule has 0 fully saturated rings. The molecular formula is C7H7NO3. The summed E-state index contributed by atoms with van der Waals surface area (Å²) in [5.41, 5.74) is 0.676. The average molecular weight is 153 g/mol. The highest BCUT2D eigenvalue weighted by atomic mass is 16.5. The Bertz CT molecular complexity index is 249. The van der Waals surface area contributed by atoms with Gasteiger partial charge in [0.1, 0.15) is 6.61 Å². The number of ether oxygens (including phenoxy) is 1. The average Bonchev–Trinajstić information content (AvgIpc) is 2.01. The zero-order chi connectivity index (χ0) is 8.10. The number of aromatic nitrogens is 1. The van der Waals surface area contributed by atoms with Gasteiger partial charge in [-0.15, -0.1) is 0 Å². The molecule has 0 saturated carbocycles. The molecule has 0 aromatic carbocycles. The molecule has 1 rings (SSSR count). The van der Waals surface area contributed by atoms with Crippen LogP contribution in [0.1, 0.15) is 5.56 Å². The second kappa shape index (κ2) is 3.55. The second-order valence-electron chi connectivity index (χ2n) is 1.98. The summed E-state index contributed by atoms with van der Waals surface area (Å²) in [7, 11) is 0. The van der Waals surface area contributed by atoms with E-state index in [0.717, 1.165) is 0 Å². The largest absolute Gasteiger partial charge is 0.619 e. The van der Waals surface area contributed by atoms with Crippen molar-refractivity contribution in [2.75, 3.05) is 0 Å². The lowest BCUT2D eigenvalue weighted by Crippen LogP contribution is -2.24. The van der Waals surface area contributed by atoms with Gasteiger partial charge in [0, 0.05) is 6.07 Å². The molecule has 1 heterocycles. The van der Waals surface area contributed by atoms with E-state index in [9.17, 15) is 10.0 Å². The van der Waals surface area contributed by atoms with E-state index in [0.29, 0.717) is 16.8 Å². The maximum absolute atomic E-state index is 10.6. The van der Waals surface area contributed by atoms with Crippen LogP contribution in [0, 0.1) is 5.21 Å². The van der Waals surface area contributed by atoms with E-state index < -0.39 is 0 Å². The highest BCUT2D eigenvalue weighted by Gasteiger charge is 1.95. The summed E-state index contributed by atoms with van der Waals surface area (Å²) in [4.78, 5) is 9.76. The Kier molecular flexibility index (Phi) is 2.43. The molecular weight excluding hydrogens is 146 g/mol. The Balaban J connectivity index is 2.63. The van der Waals surface area contributed by atoms with Gasteiger partial charge in [-0.25, -0.2) is 0 Å². The first-order valence-electron chi connectivity index (χ1n) is 3.06. The van der Waals surface area contributed by atoms with Crippen molar-refractivity contribution in [3.05, 3.63) is 35.3 Å². The predicted octanol–water partition coefficient (Wildman–Crippen LogP) is -0.00700. The quantitative estimate of drug-likeness (QED) is 0.348. The molecule has 0 saturated heterocycles. The van der Waals surface area contributed by atoms with E-state index in [1.165, 1.54) is 12.4 Å². The molecule has 1 aromatic rings. The van der Waals surface area contributed by atoms with E-state index in [1.54, 1.807) is 12.1 Å². The molecule has 0 atom stereocenters. The number of carbonyl (C=O) groups excluding carboxylic acids is 1. The van der Waals surface area contributed by atoms with E-state index in [2.05, 4.69) is 4.74 Å². The van der Waals surface area contributed by atoms with Crippen molar-refractivity contribution in [2.24, 2.45) is 0 Å². The molecule has 0 unspecified atom stereocenters. The molecule has 0 amide bonds. The van der Waals surface area contributed by atoms with Crippen molar-refractivity contribution in [3.8, 4) is 0 Å². The van der Waals surface area contributed by atoms with Gasteiger partial charge in [-0.2, -0.15) is 4.73 Å². The molecule has 58 valence electrons. The molecule has 4 nitrogen and oxygen atoms in total. The molecule has 0 bridgehead atoms. The zero-order valence-electron chi connectivity index (χ0n) is 5.77. The Morgan fingerprint density at radius 3 is 3.18 bits per heavy atom. The van der Waals surface area contributed by atoms with Gasteiger partial charge >= 0.3 is 0 Å². The van der Waals surface area contributed by atoms with Gasteiger partial charge in [0.2, 0.25) is 0 Å². The number of nitrogens with zero attached hydrogens (tertiary/aromatic N) is 1. The molecule has 0 aliphatic carbocycles. The van der Waals surface area contributed by atoms with Crippen molar-refractivity contribution in [1.29, 1.82) is 0 Å². The van der Waals surface area contributed by atoms with Crippen LogP contribution in [-0.2, 0) is 16.1 Å². The first-order chi connectivity index (χ1) is 5.33. The predicted molar refractivity (Wildman–Crippen MR) is 36.3 cm³/mol. The summed E-state index contributed by atoms with van der Waals surface area (Å²) in [6.07, 6.45) is 2.72. The highest BCUT2D eigenvalue weighted by Crippen LogP contribution is 1.94. The molecule has 4 heteroatoms. The van der Waals surface area contributed by atoms with E-state index in [1.807, 2.05) is 0 Å². The minimum atomic E-state index is 0.145. The molecule has 1 aromatic heterocycles. The fourth-order valence-electron chi connectivity index (χ4n) is 0.717. The van der Waals surface area contributed by atoms with Crippen molar-refractivity contribution >= 4 is 6.47 Å². The van der Waals surface area contributed by atoms with Crippen molar-refractivity contribution in [3.63, 3.8) is 0 Å². The Hall–Kier alpha value is -1.58. The minimum absolute atomic E-state index is 0.145. The van der Waals surface area contributed by atoms with Gasteiger partial charge in [-0.05, 0) is 6.07 Å². The fourth-order valence-corrected chi connectivity index (χ4v) is 0.717.